The van der Waals surface area contributed by atoms with Crippen molar-refractivity contribution < 1.29 is 4.79 Å². The summed E-state index contributed by atoms with van der Waals surface area (Å²) in [5.41, 5.74) is 1.68. The summed E-state index contributed by atoms with van der Waals surface area (Å²) in [4.78, 5) is 20.2. The van der Waals surface area contributed by atoms with Gasteiger partial charge in [0.1, 0.15) is 12.1 Å². The quantitative estimate of drug-likeness (QED) is 0.755. The highest BCUT2D eigenvalue weighted by atomic mass is 16.2. The Hall–Kier alpha value is -3.22. The molecule has 3 aromatic rings. The number of aromatic nitrogens is 4. The van der Waals surface area contributed by atoms with Crippen LogP contribution in [0.3, 0.4) is 0 Å². The van der Waals surface area contributed by atoms with E-state index in [1.54, 1.807) is 10.9 Å². The molecule has 0 saturated heterocycles. The van der Waals surface area contributed by atoms with Crippen LogP contribution in [-0.2, 0) is 4.79 Å². The van der Waals surface area contributed by atoms with Crippen molar-refractivity contribution in [3.63, 3.8) is 0 Å². The number of nitrogens with zero attached hydrogens (tertiary/aromatic N) is 4. The Bertz CT molecular complexity index is 840. The normalized spacial score (nSPS) is 13.5. The fourth-order valence-electron chi connectivity index (χ4n) is 2.32. The summed E-state index contributed by atoms with van der Waals surface area (Å²) in [6.45, 7) is 0. The Morgan fingerprint density at radius 2 is 1.92 bits per heavy atom. The van der Waals surface area contributed by atoms with Crippen molar-refractivity contribution in [3.05, 3.63) is 55.1 Å². The molecule has 7 heteroatoms. The van der Waals surface area contributed by atoms with Crippen molar-refractivity contribution in [2.45, 2.75) is 12.8 Å². The second kappa shape index (κ2) is 6.11. The average molecular weight is 320 g/mol. The van der Waals surface area contributed by atoms with Gasteiger partial charge in [0, 0.05) is 35.8 Å². The number of amides is 1. The van der Waals surface area contributed by atoms with E-state index in [0.29, 0.717) is 11.6 Å². The van der Waals surface area contributed by atoms with Crippen LogP contribution < -0.4 is 10.6 Å². The topological polar surface area (TPSA) is 84.7 Å². The molecule has 0 atom stereocenters. The van der Waals surface area contributed by atoms with Gasteiger partial charge < -0.3 is 10.6 Å². The third kappa shape index (κ3) is 3.24. The van der Waals surface area contributed by atoms with Crippen molar-refractivity contribution >= 4 is 23.1 Å². The number of benzene rings is 1. The largest absolute Gasteiger partial charge is 0.340 e. The van der Waals surface area contributed by atoms with Gasteiger partial charge in [-0.1, -0.05) is 0 Å². The van der Waals surface area contributed by atoms with Crippen LogP contribution in [0.1, 0.15) is 12.8 Å². The Balaban J connectivity index is 1.45. The molecule has 120 valence electrons. The molecule has 0 spiro atoms. The van der Waals surface area contributed by atoms with Crippen LogP contribution in [0.25, 0.3) is 5.82 Å². The summed E-state index contributed by atoms with van der Waals surface area (Å²) in [5.74, 6) is 1.66. The lowest BCUT2D eigenvalue weighted by Gasteiger charge is -2.09. The first-order chi connectivity index (χ1) is 11.8. The van der Waals surface area contributed by atoms with E-state index in [4.69, 9.17) is 0 Å². The molecule has 0 unspecified atom stereocenters. The number of rotatable bonds is 5. The van der Waals surface area contributed by atoms with Gasteiger partial charge in [0.2, 0.25) is 5.91 Å². The highest BCUT2D eigenvalue weighted by Crippen LogP contribution is 2.30. The number of anilines is 3. The van der Waals surface area contributed by atoms with E-state index in [2.05, 4.69) is 25.7 Å². The van der Waals surface area contributed by atoms with E-state index in [1.165, 1.54) is 6.33 Å². The zero-order valence-corrected chi connectivity index (χ0v) is 12.9. The summed E-state index contributed by atoms with van der Waals surface area (Å²) in [6.07, 6.45) is 7.01. The van der Waals surface area contributed by atoms with E-state index < -0.39 is 0 Å². The van der Waals surface area contributed by atoms with Crippen LogP contribution in [0.2, 0.25) is 0 Å². The Kier molecular flexibility index (Phi) is 3.66. The van der Waals surface area contributed by atoms with Crippen LogP contribution in [0.15, 0.2) is 55.1 Å². The van der Waals surface area contributed by atoms with Gasteiger partial charge in [0.25, 0.3) is 0 Å². The molecular formula is C17H16N6O. The summed E-state index contributed by atoms with van der Waals surface area (Å²) in [7, 11) is 0. The first-order valence-electron chi connectivity index (χ1n) is 7.78. The fraction of sp³-hybridized carbons (Fsp3) is 0.176. The Labute approximate surface area is 138 Å². The molecule has 7 nitrogen and oxygen atoms in total. The number of carbonyl (C=O) groups is 1. The fourth-order valence-corrected chi connectivity index (χ4v) is 2.32. The number of carbonyl (C=O) groups excluding carboxylic acids is 1. The molecule has 24 heavy (non-hydrogen) atoms. The molecule has 1 fully saturated rings. The van der Waals surface area contributed by atoms with E-state index in [1.807, 2.05) is 42.6 Å². The predicted molar refractivity (Wildman–Crippen MR) is 90.2 cm³/mol. The molecule has 2 aromatic heterocycles. The maximum atomic E-state index is 11.7. The first kappa shape index (κ1) is 14.4. The number of hydrogen-bond acceptors (Lipinski definition) is 5. The maximum absolute atomic E-state index is 11.7. The molecule has 1 aliphatic rings. The second-order valence-electron chi connectivity index (χ2n) is 5.68. The maximum Gasteiger partial charge on any atom is 0.227 e. The van der Waals surface area contributed by atoms with Crippen molar-refractivity contribution in [3.8, 4) is 5.82 Å². The van der Waals surface area contributed by atoms with Crippen LogP contribution in [0.4, 0.5) is 17.2 Å². The van der Waals surface area contributed by atoms with Crippen molar-refractivity contribution in [2.75, 3.05) is 10.6 Å². The lowest BCUT2D eigenvalue weighted by molar-refractivity contribution is -0.117. The lowest BCUT2D eigenvalue weighted by Crippen LogP contribution is -2.13. The van der Waals surface area contributed by atoms with Crippen LogP contribution >= 0.6 is 0 Å². The number of nitrogens with one attached hydrogen (secondary N) is 2. The van der Waals surface area contributed by atoms with Gasteiger partial charge in [0.05, 0.1) is 0 Å². The molecule has 0 bridgehead atoms. The van der Waals surface area contributed by atoms with Crippen molar-refractivity contribution in [2.24, 2.45) is 5.92 Å². The van der Waals surface area contributed by atoms with Gasteiger partial charge in [-0.05, 0) is 43.2 Å². The van der Waals surface area contributed by atoms with Gasteiger partial charge in [-0.2, -0.15) is 5.10 Å². The first-order valence-corrected chi connectivity index (χ1v) is 7.78. The van der Waals surface area contributed by atoms with Crippen LogP contribution in [-0.4, -0.2) is 25.7 Å². The molecule has 1 aliphatic carbocycles. The zero-order valence-electron chi connectivity index (χ0n) is 12.9. The molecule has 4 rings (SSSR count). The van der Waals surface area contributed by atoms with E-state index in [0.717, 1.165) is 24.2 Å². The Morgan fingerprint density at radius 1 is 1.12 bits per heavy atom. The highest BCUT2D eigenvalue weighted by Gasteiger charge is 2.29. The van der Waals surface area contributed by atoms with E-state index in [-0.39, 0.29) is 11.8 Å². The molecule has 1 aromatic carbocycles. The molecule has 0 aliphatic heterocycles. The average Bonchev–Trinajstić information content (AvgIpc) is 3.32. The van der Waals surface area contributed by atoms with Gasteiger partial charge in [-0.3, -0.25) is 4.79 Å². The Morgan fingerprint density at radius 3 is 2.62 bits per heavy atom. The van der Waals surface area contributed by atoms with Crippen LogP contribution in [0.5, 0.6) is 0 Å². The summed E-state index contributed by atoms with van der Waals surface area (Å²) in [6, 6.07) is 11.2. The highest BCUT2D eigenvalue weighted by molar-refractivity contribution is 5.94. The van der Waals surface area contributed by atoms with Gasteiger partial charge in [-0.25, -0.2) is 14.6 Å². The van der Waals surface area contributed by atoms with Crippen molar-refractivity contribution in [1.82, 2.24) is 19.7 Å². The zero-order chi connectivity index (χ0) is 16.4. The number of hydrogen-bond donors (Lipinski definition) is 2. The SMILES string of the molecule is O=C(Nc1ccc(Nc2cc(-n3cccn3)ncn2)cc1)C1CC1. The minimum Gasteiger partial charge on any atom is -0.340 e. The van der Waals surface area contributed by atoms with E-state index in [9.17, 15) is 4.79 Å². The molecule has 2 heterocycles. The smallest absolute Gasteiger partial charge is 0.227 e. The van der Waals surface area contributed by atoms with Gasteiger partial charge >= 0.3 is 0 Å². The predicted octanol–water partition coefficient (Wildman–Crippen LogP) is 2.75. The minimum atomic E-state index is 0.107. The van der Waals surface area contributed by atoms with Gasteiger partial charge in [-0.15, -0.1) is 0 Å². The lowest BCUT2D eigenvalue weighted by atomic mass is 10.2. The third-order valence-electron chi connectivity index (χ3n) is 3.76. The summed E-state index contributed by atoms with van der Waals surface area (Å²) < 4.78 is 1.67. The van der Waals surface area contributed by atoms with Crippen molar-refractivity contribution in [1.29, 1.82) is 0 Å². The molecule has 1 amide bonds. The molecule has 0 radical (unpaired) electrons. The second-order valence-corrected chi connectivity index (χ2v) is 5.68. The standard InChI is InChI=1S/C17H16N6O/c24-17(12-2-3-12)22-14-6-4-13(5-7-14)21-15-10-16(19-11-18-15)23-9-1-8-20-23/h1,4-12H,2-3H2,(H,22,24)(H,18,19,21). The van der Waals surface area contributed by atoms with Gasteiger partial charge in [0.15, 0.2) is 5.82 Å². The monoisotopic (exact) mass is 320 g/mol. The van der Waals surface area contributed by atoms with Crippen LogP contribution in [0, 0.1) is 5.92 Å². The minimum absolute atomic E-state index is 0.107. The van der Waals surface area contributed by atoms with E-state index >= 15 is 0 Å². The molecule has 1 saturated carbocycles. The molecule has 2 N–H and O–H groups in total. The third-order valence-corrected chi connectivity index (χ3v) is 3.76. The molecular weight excluding hydrogens is 304 g/mol. The summed E-state index contributed by atoms with van der Waals surface area (Å²) in [5, 5.41) is 10.3. The summed E-state index contributed by atoms with van der Waals surface area (Å²) >= 11 is 0.